The van der Waals surface area contributed by atoms with Gasteiger partial charge in [-0.25, -0.2) is 0 Å². The molecular weight excluding hydrogens is 355 g/mol. The van der Waals surface area contributed by atoms with Crippen molar-refractivity contribution in [3.63, 3.8) is 0 Å². The second-order valence-electron chi connectivity index (χ2n) is 4.99. The maximum atomic E-state index is 12.2. The van der Waals surface area contributed by atoms with Crippen LogP contribution in [0.1, 0.15) is 29.8 Å². The SMILES string of the molecule is CC(=O)N[C@H](CC(=O)NCc1ccc(Cl)cc1Cl)c1cccs1. The number of rotatable bonds is 6. The number of nitrogens with one attached hydrogen (secondary N) is 2. The summed E-state index contributed by atoms with van der Waals surface area (Å²) in [4.78, 5) is 24.4. The summed E-state index contributed by atoms with van der Waals surface area (Å²) in [5, 5.41) is 8.58. The van der Waals surface area contributed by atoms with E-state index in [9.17, 15) is 9.59 Å². The largest absolute Gasteiger partial charge is 0.352 e. The molecule has 0 saturated carbocycles. The number of carbonyl (C=O) groups excluding carboxylic acids is 2. The molecule has 0 aliphatic heterocycles. The van der Waals surface area contributed by atoms with Gasteiger partial charge < -0.3 is 10.6 Å². The highest BCUT2D eigenvalue weighted by Gasteiger charge is 2.18. The highest BCUT2D eigenvalue weighted by molar-refractivity contribution is 7.10. The number of carbonyl (C=O) groups is 2. The molecular formula is C16H16Cl2N2O2S. The average Bonchev–Trinajstić information content (AvgIpc) is 2.99. The number of hydrogen-bond donors (Lipinski definition) is 2. The first-order chi connectivity index (χ1) is 11.0. The predicted octanol–water partition coefficient (Wildman–Crippen LogP) is 3.94. The Morgan fingerprint density at radius 3 is 2.65 bits per heavy atom. The van der Waals surface area contributed by atoms with Gasteiger partial charge in [0.25, 0.3) is 0 Å². The van der Waals surface area contributed by atoms with Crippen LogP contribution < -0.4 is 10.6 Å². The highest BCUT2D eigenvalue weighted by atomic mass is 35.5. The summed E-state index contributed by atoms with van der Waals surface area (Å²) >= 11 is 13.4. The number of benzene rings is 1. The highest BCUT2D eigenvalue weighted by Crippen LogP contribution is 2.23. The quantitative estimate of drug-likeness (QED) is 0.808. The minimum Gasteiger partial charge on any atom is -0.352 e. The van der Waals surface area contributed by atoms with Gasteiger partial charge in [0, 0.05) is 28.4 Å². The molecule has 0 spiro atoms. The molecule has 122 valence electrons. The number of halogens is 2. The average molecular weight is 371 g/mol. The van der Waals surface area contributed by atoms with Gasteiger partial charge in [-0.1, -0.05) is 35.3 Å². The first-order valence-corrected chi connectivity index (χ1v) is 8.60. The van der Waals surface area contributed by atoms with Crippen LogP contribution in [0.4, 0.5) is 0 Å². The molecule has 1 aromatic carbocycles. The summed E-state index contributed by atoms with van der Waals surface area (Å²) in [6, 6.07) is 8.59. The Hall–Kier alpha value is -1.56. The maximum absolute atomic E-state index is 12.2. The summed E-state index contributed by atoms with van der Waals surface area (Å²) < 4.78 is 0. The second-order valence-corrected chi connectivity index (χ2v) is 6.81. The molecule has 2 amide bonds. The number of hydrogen-bond acceptors (Lipinski definition) is 3. The van der Waals surface area contributed by atoms with Gasteiger partial charge in [-0.15, -0.1) is 11.3 Å². The standard InChI is InChI=1S/C16H16Cl2N2O2S/c1-10(21)20-14(15-3-2-6-23-15)8-16(22)19-9-11-4-5-12(17)7-13(11)18/h2-7,14H,8-9H2,1H3,(H,19,22)(H,20,21)/t14-/m1/s1. The van der Waals surface area contributed by atoms with Gasteiger partial charge in [-0.2, -0.15) is 0 Å². The smallest absolute Gasteiger partial charge is 0.222 e. The van der Waals surface area contributed by atoms with Crippen LogP contribution in [-0.4, -0.2) is 11.8 Å². The van der Waals surface area contributed by atoms with E-state index >= 15 is 0 Å². The normalized spacial score (nSPS) is 11.8. The molecule has 2 N–H and O–H groups in total. The molecule has 23 heavy (non-hydrogen) atoms. The lowest BCUT2D eigenvalue weighted by atomic mass is 10.1. The summed E-state index contributed by atoms with van der Waals surface area (Å²) in [6.07, 6.45) is 0.172. The zero-order chi connectivity index (χ0) is 16.8. The third kappa shape index (κ3) is 5.53. The molecule has 0 fully saturated rings. The summed E-state index contributed by atoms with van der Waals surface area (Å²) in [5.41, 5.74) is 0.789. The van der Waals surface area contributed by atoms with Crippen molar-refractivity contribution in [3.8, 4) is 0 Å². The molecule has 7 heteroatoms. The van der Waals surface area contributed by atoms with Gasteiger partial charge in [0.15, 0.2) is 0 Å². The first-order valence-electron chi connectivity index (χ1n) is 6.97. The third-order valence-electron chi connectivity index (χ3n) is 3.14. The molecule has 1 heterocycles. The van der Waals surface area contributed by atoms with Gasteiger partial charge >= 0.3 is 0 Å². The fourth-order valence-corrected chi connectivity index (χ4v) is 3.33. The molecule has 1 atom stereocenters. The van der Waals surface area contributed by atoms with E-state index in [4.69, 9.17) is 23.2 Å². The zero-order valence-corrected chi connectivity index (χ0v) is 14.8. The molecule has 0 bridgehead atoms. The van der Waals surface area contributed by atoms with Crippen LogP contribution in [0.15, 0.2) is 35.7 Å². The Balaban J connectivity index is 1.95. The van der Waals surface area contributed by atoms with Crippen molar-refractivity contribution in [1.82, 2.24) is 10.6 Å². The van der Waals surface area contributed by atoms with Crippen LogP contribution in [0.2, 0.25) is 10.0 Å². The van der Waals surface area contributed by atoms with E-state index in [-0.39, 0.29) is 24.3 Å². The molecule has 0 aliphatic carbocycles. The van der Waals surface area contributed by atoms with Crippen molar-refractivity contribution in [2.45, 2.75) is 25.9 Å². The van der Waals surface area contributed by atoms with Crippen molar-refractivity contribution >= 4 is 46.4 Å². The Labute approximate surface area is 148 Å². The minimum absolute atomic E-state index is 0.164. The molecule has 4 nitrogen and oxygen atoms in total. The third-order valence-corrected chi connectivity index (χ3v) is 4.72. The molecule has 2 aromatic rings. The fraction of sp³-hybridized carbons (Fsp3) is 0.250. The Morgan fingerprint density at radius 2 is 2.04 bits per heavy atom. The monoisotopic (exact) mass is 370 g/mol. The Morgan fingerprint density at radius 1 is 1.26 bits per heavy atom. The van der Waals surface area contributed by atoms with E-state index in [1.807, 2.05) is 17.5 Å². The molecule has 0 saturated heterocycles. The lowest BCUT2D eigenvalue weighted by Gasteiger charge is -2.16. The van der Waals surface area contributed by atoms with Crippen molar-refractivity contribution < 1.29 is 9.59 Å². The summed E-state index contributed by atoms with van der Waals surface area (Å²) in [6.45, 7) is 1.75. The predicted molar refractivity (Wildman–Crippen MR) is 93.8 cm³/mol. The fourth-order valence-electron chi connectivity index (χ4n) is 2.07. The van der Waals surface area contributed by atoms with Crippen LogP contribution in [0.5, 0.6) is 0 Å². The minimum atomic E-state index is -0.326. The maximum Gasteiger partial charge on any atom is 0.222 e. The van der Waals surface area contributed by atoms with E-state index in [0.29, 0.717) is 16.6 Å². The van der Waals surface area contributed by atoms with Gasteiger partial charge in [0.2, 0.25) is 11.8 Å². The van der Waals surface area contributed by atoms with Crippen molar-refractivity contribution in [2.24, 2.45) is 0 Å². The van der Waals surface area contributed by atoms with Gasteiger partial charge in [-0.05, 0) is 29.1 Å². The molecule has 2 rings (SSSR count). The summed E-state index contributed by atoms with van der Waals surface area (Å²) in [7, 11) is 0. The number of thiophene rings is 1. The van der Waals surface area contributed by atoms with Gasteiger partial charge in [0.05, 0.1) is 12.5 Å². The molecule has 1 aromatic heterocycles. The second kappa shape index (κ2) is 8.34. The van der Waals surface area contributed by atoms with E-state index < -0.39 is 0 Å². The van der Waals surface area contributed by atoms with Gasteiger partial charge in [-0.3, -0.25) is 9.59 Å². The van der Waals surface area contributed by atoms with Crippen LogP contribution in [-0.2, 0) is 16.1 Å². The van der Waals surface area contributed by atoms with E-state index in [1.165, 1.54) is 18.3 Å². The topological polar surface area (TPSA) is 58.2 Å². The Bertz CT molecular complexity index is 689. The van der Waals surface area contributed by atoms with Crippen LogP contribution in [0.25, 0.3) is 0 Å². The van der Waals surface area contributed by atoms with Gasteiger partial charge in [0.1, 0.15) is 0 Å². The van der Waals surface area contributed by atoms with Crippen molar-refractivity contribution in [2.75, 3.05) is 0 Å². The van der Waals surface area contributed by atoms with E-state index in [1.54, 1.807) is 18.2 Å². The first kappa shape index (κ1) is 17.8. The van der Waals surface area contributed by atoms with Crippen molar-refractivity contribution in [1.29, 1.82) is 0 Å². The van der Waals surface area contributed by atoms with E-state index in [0.717, 1.165) is 10.4 Å². The summed E-state index contributed by atoms with van der Waals surface area (Å²) in [5.74, 6) is -0.333. The van der Waals surface area contributed by atoms with Crippen LogP contribution >= 0.6 is 34.5 Å². The number of amides is 2. The van der Waals surface area contributed by atoms with Crippen LogP contribution in [0, 0.1) is 0 Å². The zero-order valence-electron chi connectivity index (χ0n) is 12.4. The molecule has 0 aliphatic rings. The van der Waals surface area contributed by atoms with Crippen LogP contribution in [0.3, 0.4) is 0 Å². The Kier molecular flexibility index (Phi) is 6.45. The molecule has 0 radical (unpaired) electrons. The van der Waals surface area contributed by atoms with E-state index in [2.05, 4.69) is 10.6 Å². The lowest BCUT2D eigenvalue weighted by Crippen LogP contribution is -2.32. The lowest BCUT2D eigenvalue weighted by molar-refractivity contribution is -0.122. The molecule has 0 unspecified atom stereocenters. The van der Waals surface area contributed by atoms with Crippen molar-refractivity contribution in [3.05, 3.63) is 56.2 Å².